The van der Waals surface area contributed by atoms with E-state index in [1.807, 2.05) is 0 Å². The third kappa shape index (κ3) is 1.88. The predicted octanol–water partition coefficient (Wildman–Crippen LogP) is 4.41. The molecule has 0 aromatic carbocycles. The summed E-state index contributed by atoms with van der Waals surface area (Å²) in [6.07, 6.45) is 8.49. The van der Waals surface area contributed by atoms with Gasteiger partial charge in [-0.15, -0.1) is 0 Å². The number of Topliss-reactive ketones (excluding diaryl/α,β-unsaturated/α-hetero) is 1. The molecule has 0 radical (unpaired) electrons. The topological polar surface area (TPSA) is 93.2 Å². The van der Waals surface area contributed by atoms with E-state index in [1.54, 1.807) is 0 Å². The number of fused-ring (bicyclic) bond motifs is 5. The van der Waals surface area contributed by atoms with E-state index in [2.05, 4.69) is 26.8 Å². The van der Waals surface area contributed by atoms with Crippen LogP contribution < -0.4 is 5.73 Å². The van der Waals surface area contributed by atoms with Crippen LogP contribution in [-0.4, -0.2) is 17.4 Å². The molecule has 8 unspecified atom stereocenters. The van der Waals surface area contributed by atoms with Gasteiger partial charge in [0, 0.05) is 35.4 Å². The largest absolute Gasteiger partial charge is 0.458 e. The minimum absolute atomic E-state index is 0.0307. The molecule has 1 saturated heterocycles. The molecule has 2 spiro atoms. The first-order valence-electron chi connectivity index (χ1n) is 12.3. The summed E-state index contributed by atoms with van der Waals surface area (Å²) in [4.78, 5) is 25.3. The summed E-state index contributed by atoms with van der Waals surface area (Å²) in [6.45, 7) is 7.02. The molecule has 1 aliphatic heterocycles. The van der Waals surface area contributed by atoms with E-state index >= 15 is 0 Å². The van der Waals surface area contributed by atoms with Crippen molar-refractivity contribution >= 4 is 11.8 Å². The molecule has 2 bridgehead atoms. The van der Waals surface area contributed by atoms with Crippen molar-refractivity contribution in [3.05, 3.63) is 11.3 Å². The van der Waals surface area contributed by atoms with Gasteiger partial charge < -0.3 is 10.5 Å². The summed E-state index contributed by atoms with van der Waals surface area (Å²) < 4.78 is 6.14. The molecule has 0 amide bonds. The quantitative estimate of drug-likeness (QED) is 0.584. The lowest BCUT2D eigenvalue weighted by molar-refractivity contribution is -0.194. The number of esters is 1. The van der Waals surface area contributed by atoms with Crippen molar-refractivity contribution in [2.75, 3.05) is 0 Å². The smallest absolute Gasteiger partial charge is 0.306 e. The van der Waals surface area contributed by atoms with Gasteiger partial charge in [0.1, 0.15) is 5.60 Å². The highest BCUT2D eigenvalue weighted by atomic mass is 16.6. The Morgan fingerprint density at radius 1 is 1.10 bits per heavy atom. The normalized spacial score (nSPS) is 55.0. The Morgan fingerprint density at radius 3 is 2.55 bits per heavy atom. The number of nitrogens with zero attached hydrogens (tertiary/aromatic N) is 1. The van der Waals surface area contributed by atoms with Crippen LogP contribution in [0.4, 0.5) is 0 Å². The molecule has 6 rings (SSSR count). The van der Waals surface area contributed by atoms with Gasteiger partial charge in [0.25, 0.3) is 0 Å². The van der Waals surface area contributed by atoms with Crippen molar-refractivity contribution in [2.24, 2.45) is 45.1 Å². The van der Waals surface area contributed by atoms with Crippen LogP contribution in [0.1, 0.15) is 85.0 Å². The molecule has 5 heteroatoms. The van der Waals surface area contributed by atoms with E-state index in [0.717, 1.165) is 50.6 Å². The van der Waals surface area contributed by atoms with Gasteiger partial charge in [-0.05, 0) is 74.0 Å². The summed E-state index contributed by atoms with van der Waals surface area (Å²) in [6, 6.07) is 2.64. The zero-order valence-corrected chi connectivity index (χ0v) is 19.1. The first kappa shape index (κ1) is 19.8. The van der Waals surface area contributed by atoms with Crippen molar-refractivity contribution in [3.63, 3.8) is 0 Å². The Kier molecular flexibility index (Phi) is 3.55. The molecule has 5 fully saturated rings. The number of ketones is 1. The van der Waals surface area contributed by atoms with Crippen LogP contribution in [-0.2, 0) is 14.3 Å². The first-order valence-corrected chi connectivity index (χ1v) is 12.3. The maximum absolute atomic E-state index is 13.0. The lowest BCUT2D eigenvalue weighted by atomic mass is 9.38. The van der Waals surface area contributed by atoms with Crippen LogP contribution in [0.2, 0.25) is 0 Å². The average molecular weight is 423 g/mol. The molecule has 0 aromatic heterocycles. The van der Waals surface area contributed by atoms with Gasteiger partial charge in [0.2, 0.25) is 0 Å². The number of carbonyl (C=O) groups excluding carboxylic acids is 2. The molecule has 31 heavy (non-hydrogen) atoms. The van der Waals surface area contributed by atoms with E-state index in [9.17, 15) is 14.9 Å². The first-order chi connectivity index (χ1) is 14.6. The minimum Gasteiger partial charge on any atom is -0.458 e. The van der Waals surface area contributed by atoms with Crippen LogP contribution >= 0.6 is 0 Å². The lowest BCUT2D eigenvalue weighted by Gasteiger charge is -2.65. The monoisotopic (exact) mass is 422 g/mol. The molecular weight excluding hydrogens is 388 g/mol. The highest BCUT2D eigenvalue weighted by Gasteiger charge is 2.76. The van der Waals surface area contributed by atoms with E-state index in [-0.39, 0.29) is 39.5 Å². The van der Waals surface area contributed by atoms with Gasteiger partial charge in [-0.3, -0.25) is 9.59 Å². The fourth-order valence-electron chi connectivity index (χ4n) is 10.1. The Labute approximate surface area is 184 Å². The van der Waals surface area contributed by atoms with E-state index in [4.69, 9.17) is 10.5 Å². The Morgan fingerprint density at radius 2 is 1.87 bits per heavy atom. The van der Waals surface area contributed by atoms with E-state index < -0.39 is 5.41 Å². The van der Waals surface area contributed by atoms with Crippen LogP contribution in [0.15, 0.2) is 11.3 Å². The Bertz CT molecular complexity index is 995. The summed E-state index contributed by atoms with van der Waals surface area (Å²) in [5.74, 6) is 1.03. The zero-order valence-electron chi connectivity index (χ0n) is 19.1. The number of nitriles is 1. The number of ether oxygens (including phenoxy) is 1. The Balaban J connectivity index is 1.55. The van der Waals surface area contributed by atoms with Crippen LogP contribution in [0.5, 0.6) is 0 Å². The van der Waals surface area contributed by atoms with Gasteiger partial charge in [-0.2, -0.15) is 5.26 Å². The number of carbonyl (C=O) groups is 2. The van der Waals surface area contributed by atoms with Crippen LogP contribution in [0.25, 0.3) is 0 Å². The fourth-order valence-corrected chi connectivity index (χ4v) is 10.1. The van der Waals surface area contributed by atoms with Gasteiger partial charge >= 0.3 is 5.97 Å². The number of hydrogen-bond acceptors (Lipinski definition) is 5. The maximum atomic E-state index is 13.0. The van der Waals surface area contributed by atoms with Crippen LogP contribution in [0.3, 0.4) is 0 Å². The van der Waals surface area contributed by atoms with Gasteiger partial charge in [0.05, 0.1) is 11.5 Å². The molecule has 166 valence electrons. The van der Waals surface area contributed by atoms with Gasteiger partial charge in [0.15, 0.2) is 5.78 Å². The van der Waals surface area contributed by atoms with Crippen molar-refractivity contribution < 1.29 is 14.3 Å². The maximum Gasteiger partial charge on any atom is 0.306 e. The van der Waals surface area contributed by atoms with E-state index in [1.165, 1.54) is 0 Å². The molecule has 5 nitrogen and oxygen atoms in total. The standard InChI is InChI=1S/C26H34N2O3/c1-15-4-9-23(3)18(6-10-25(23)11-7-19(30)31-25)26(15)13-22(2)8-5-17(29)20-21(28)16(26)12-24(20,22)14-27/h15-16,18H,4-13,28H2,1-3H3. The molecule has 0 aromatic rings. The predicted molar refractivity (Wildman–Crippen MR) is 114 cm³/mol. The summed E-state index contributed by atoms with van der Waals surface area (Å²) in [5.41, 5.74) is 6.90. The third-order valence-electron chi connectivity index (χ3n) is 11.7. The fraction of sp³-hybridized carbons (Fsp3) is 0.808. The number of nitrogens with two attached hydrogens (primary N) is 1. The molecule has 4 saturated carbocycles. The average Bonchev–Trinajstić information content (AvgIpc) is 3.36. The molecule has 8 atom stereocenters. The summed E-state index contributed by atoms with van der Waals surface area (Å²) in [7, 11) is 0. The highest BCUT2D eigenvalue weighted by Crippen LogP contribution is 2.79. The second kappa shape index (κ2) is 5.56. The van der Waals surface area contributed by atoms with Crippen molar-refractivity contribution in [1.82, 2.24) is 0 Å². The lowest BCUT2D eigenvalue weighted by Crippen LogP contribution is -2.62. The van der Waals surface area contributed by atoms with Gasteiger partial charge in [-0.25, -0.2) is 0 Å². The molecule has 5 aliphatic carbocycles. The van der Waals surface area contributed by atoms with E-state index in [0.29, 0.717) is 36.7 Å². The van der Waals surface area contributed by atoms with Crippen molar-refractivity contribution in [1.29, 1.82) is 5.26 Å². The summed E-state index contributed by atoms with van der Waals surface area (Å²) in [5, 5.41) is 10.4. The van der Waals surface area contributed by atoms with Gasteiger partial charge in [-0.1, -0.05) is 20.8 Å². The number of rotatable bonds is 0. The summed E-state index contributed by atoms with van der Waals surface area (Å²) >= 11 is 0. The third-order valence-corrected chi connectivity index (χ3v) is 11.7. The van der Waals surface area contributed by atoms with Crippen LogP contribution in [0, 0.1) is 50.7 Å². The highest BCUT2D eigenvalue weighted by molar-refractivity contribution is 6.00. The number of hydrogen-bond donors (Lipinski definition) is 1. The number of allylic oxidation sites excluding steroid dienone is 2. The second-order valence-electron chi connectivity index (χ2n) is 12.3. The SMILES string of the molecule is CC1CCC2(C)C(CCC23CCC(=O)O3)C12CC1(C)CCC(=O)C3=C(N)C2CC31C#N. The minimum atomic E-state index is -0.716. The molecule has 1 heterocycles. The van der Waals surface area contributed by atoms with Crippen molar-refractivity contribution in [3.8, 4) is 6.07 Å². The second-order valence-corrected chi connectivity index (χ2v) is 12.3. The molecule has 6 aliphatic rings. The molecule has 2 N–H and O–H groups in total. The molecular formula is C26H34N2O3. The van der Waals surface area contributed by atoms with Crippen molar-refractivity contribution in [2.45, 2.75) is 90.6 Å². The zero-order chi connectivity index (χ0) is 22.0. The Hall–Kier alpha value is -1.83.